The highest BCUT2D eigenvalue weighted by molar-refractivity contribution is 5.99. The molecule has 0 amide bonds. The fraction of sp³-hybridized carbons (Fsp3) is 0.486. The van der Waals surface area contributed by atoms with Crippen molar-refractivity contribution in [1.29, 1.82) is 0 Å². The molecule has 7 rings (SSSR count). The summed E-state index contributed by atoms with van der Waals surface area (Å²) in [5, 5.41) is 2.28. The van der Waals surface area contributed by atoms with E-state index in [1.165, 1.54) is 63.5 Å². The lowest BCUT2D eigenvalue weighted by atomic mass is 9.48. The maximum Gasteiger partial charge on any atom is 0.337 e. The Morgan fingerprint density at radius 1 is 0.950 bits per heavy atom. The molecular formula is C35H40O5. The van der Waals surface area contributed by atoms with Crippen molar-refractivity contribution >= 4 is 22.7 Å². The number of carbonyl (C=O) groups is 2. The van der Waals surface area contributed by atoms with Gasteiger partial charge in [-0.15, -0.1) is 0 Å². The van der Waals surface area contributed by atoms with Crippen LogP contribution in [0.3, 0.4) is 0 Å². The number of fused-ring (bicyclic) bond motifs is 1. The Hall–Kier alpha value is -3.34. The Kier molecular flexibility index (Phi) is 7.33. The lowest BCUT2D eigenvalue weighted by molar-refractivity contribution is -0.162. The summed E-state index contributed by atoms with van der Waals surface area (Å²) in [6.45, 7) is 3.60. The Labute approximate surface area is 237 Å². The summed E-state index contributed by atoms with van der Waals surface area (Å²) in [5.74, 6) is 2.60. The zero-order chi connectivity index (χ0) is 27.9. The minimum absolute atomic E-state index is 0.103. The van der Waals surface area contributed by atoms with Gasteiger partial charge in [0.2, 0.25) is 6.29 Å². The van der Waals surface area contributed by atoms with Crippen molar-refractivity contribution in [3.63, 3.8) is 0 Å². The summed E-state index contributed by atoms with van der Waals surface area (Å²) < 4.78 is 17.2. The minimum atomic E-state index is -0.586. The molecule has 0 radical (unpaired) electrons. The molecule has 3 aromatic carbocycles. The van der Waals surface area contributed by atoms with Gasteiger partial charge in [0.05, 0.1) is 12.7 Å². The van der Waals surface area contributed by atoms with E-state index in [0.29, 0.717) is 12.0 Å². The summed E-state index contributed by atoms with van der Waals surface area (Å²) in [6.07, 6.45) is 9.78. The zero-order valence-corrected chi connectivity index (χ0v) is 23.9. The summed E-state index contributed by atoms with van der Waals surface area (Å²) in [6, 6.07) is 18.6. The van der Waals surface area contributed by atoms with Crippen LogP contribution in [-0.2, 0) is 19.7 Å². The zero-order valence-electron chi connectivity index (χ0n) is 23.9. The van der Waals surface area contributed by atoms with Crippen LogP contribution in [0.5, 0.6) is 5.75 Å². The van der Waals surface area contributed by atoms with Gasteiger partial charge in [-0.2, -0.15) is 0 Å². The molecule has 4 fully saturated rings. The van der Waals surface area contributed by atoms with Gasteiger partial charge in [0.25, 0.3) is 0 Å². The maximum atomic E-state index is 12.0. The summed E-state index contributed by atoms with van der Waals surface area (Å²) >= 11 is 0. The van der Waals surface area contributed by atoms with Crippen LogP contribution in [0.15, 0.2) is 54.6 Å². The highest BCUT2D eigenvalue weighted by Crippen LogP contribution is 2.62. The topological polar surface area (TPSA) is 61.8 Å². The first-order valence-corrected chi connectivity index (χ1v) is 15.0. The average Bonchev–Trinajstić information content (AvgIpc) is 2.94. The number of hydrogen-bond donors (Lipinski definition) is 0. The Morgan fingerprint density at radius 3 is 2.23 bits per heavy atom. The summed E-state index contributed by atoms with van der Waals surface area (Å²) in [4.78, 5) is 24.0. The number of ether oxygens (including phenoxy) is 3. The number of rotatable bonds is 9. The molecule has 0 spiro atoms. The second kappa shape index (κ2) is 10.9. The molecule has 40 heavy (non-hydrogen) atoms. The fourth-order valence-corrected chi connectivity index (χ4v) is 8.25. The average molecular weight is 541 g/mol. The molecule has 4 aliphatic rings. The highest BCUT2D eigenvalue weighted by Gasteiger charge is 2.52. The molecule has 4 bridgehead atoms. The van der Waals surface area contributed by atoms with Crippen LogP contribution in [0, 0.1) is 17.8 Å². The summed E-state index contributed by atoms with van der Waals surface area (Å²) in [5.41, 5.74) is 4.12. The molecule has 0 heterocycles. The smallest absolute Gasteiger partial charge is 0.337 e. The molecule has 1 unspecified atom stereocenters. The third-order valence-electron chi connectivity index (χ3n) is 9.56. The van der Waals surface area contributed by atoms with E-state index in [9.17, 15) is 9.59 Å². The van der Waals surface area contributed by atoms with E-state index in [1.54, 1.807) is 0 Å². The molecule has 0 aromatic heterocycles. The van der Waals surface area contributed by atoms with Crippen molar-refractivity contribution in [2.75, 3.05) is 7.11 Å². The highest BCUT2D eigenvalue weighted by atomic mass is 16.7. The fourth-order valence-electron chi connectivity index (χ4n) is 8.25. The van der Waals surface area contributed by atoms with E-state index in [1.807, 2.05) is 24.3 Å². The van der Waals surface area contributed by atoms with E-state index < -0.39 is 6.29 Å². The number of benzene rings is 3. The van der Waals surface area contributed by atoms with E-state index in [4.69, 9.17) is 14.2 Å². The van der Waals surface area contributed by atoms with Gasteiger partial charge in [-0.05, 0) is 114 Å². The van der Waals surface area contributed by atoms with Crippen LogP contribution < -0.4 is 4.74 Å². The maximum absolute atomic E-state index is 12.0. The van der Waals surface area contributed by atoms with Crippen LogP contribution in [-0.4, -0.2) is 25.3 Å². The SMILES string of the molecule is CCCCC(OC(C)=O)Oc1cc2cccc(-c3ccc(C(=O)OC)cc3)c2cc1C12CC3CC(CC(C3)C1)C2. The molecule has 210 valence electrons. The monoisotopic (exact) mass is 540 g/mol. The third-order valence-corrected chi connectivity index (χ3v) is 9.56. The van der Waals surface area contributed by atoms with Gasteiger partial charge in [-0.1, -0.05) is 43.7 Å². The van der Waals surface area contributed by atoms with Gasteiger partial charge in [0.15, 0.2) is 0 Å². The number of carbonyl (C=O) groups excluding carboxylic acids is 2. The van der Waals surface area contributed by atoms with Crippen molar-refractivity contribution in [3.8, 4) is 16.9 Å². The van der Waals surface area contributed by atoms with Gasteiger partial charge in [-0.25, -0.2) is 4.79 Å². The van der Waals surface area contributed by atoms with Crippen molar-refractivity contribution in [3.05, 3.63) is 65.7 Å². The van der Waals surface area contributed by atoms with Crippen LogP contribution in [0.2, 0.25) is 0 Å². The molecule has 1 atom stereocenters. The van der Waals surface area contributed by atoms with Crippen LogP contribution in [0.4, 0.5) is 0 Å². The van der Waals surface area contributed by atoms with Crippen molar-refractivity contribution in [2.24, 2.45) is 17.8 Å². The van der Waals surface area contributed by atoms with Gasteiger partial charge < -0.3 is 14.2 Å². The van der Waals surface area contributed by atoms with Gasteiger partial charge in [0.1, 0.15) is 5.75 Å². The lowest BCUT2D eigenvalue weighted by Gasteiger charge is -2.57. The van der Waals surface area contributed by atoms with Gasteiger partial charge in [-0.3, -0.25) is 4.79 Å². The number of unbranched alkanes of at least 4 members (excludes halogenated alkanes) is 1. The van der Waals surface area contributed by atoms with Gasteiger partial charge in [0, 0.05) is 18.9 Å². The normalized spacial score (nSPS) is 25.5. The minimum Gasteiger partial charge on any atom is -0.465 e. The molecule has 4 saturated carbocycles. The molecule has 0 saturated heterocycles. The van der Waals surface area contributed by atoms with Crippen LogP contribution in [0.25, 0.3) is 21.9 Å². The first-order valence-electron chi connectivity index (χ1n) is 15.0. The second-order valence-electron chi connectivity index (χ2n) is 12.4. The molecule has 0 aliphatic heterocycles. The van der Waals surface area contributed by atoms with E-state index in [0.717, 1.165) is 52.9 Å². The third kappa shape index (κ3) is 5.11. The molecule has 5 heteroatoms. The predicted molar refractivity (Wildman–Crippen MR) is 156 cm³/mol. The first-order chi connectivity index (χ1) is 19.4. The van der Waals surface area contributed by atoms with E-state index in [-0.39, 0.29) is 17.4 Å². The van der Waals surface area contributed by atoms with Crippen LogP contribution >= 0.6 is 0 Å². The van der Waals surface area contributed by atoms with Gasteiger partial charge >= 0.3 is 11.9 Å². The standard InChI is InChI=1S/C35H40O5/c1-4-5-9-33(39-22(2)36)40-32-17-28-7-6-8-29(26-10-12-27(13-11-26)34(37)38-3)30(28)18-31(32)35-19-23-14-24(20-35)16-25(15-23)21-35/h6-8,10-13,17-18,23-25,33H,4-5,9,14-16,19-21H2,1-3H3. The summed E-state index contributed by atoms with van der Waals surface area (Å²) in [7, 11) is 1.40. The Morgan fingerprint density at radius 2 is 1.62 bits per heavy atom. The second-order valence-corrected chi connectivity index (χ2v) is 12.4. The van der Waals surface area contributed by atoms with E-state index in [2.05, 4.69) is 37.3 Å². The van der Waals surface area contributed by atoms with Crippen molar-refractivity contribution < 1.29 is 23.8 Å². The van der Waals surface area contributed by atoms with E-state index >= 15 is 0 Å². The Balaban J connectivity index is 1.47. The van der Waals surface area contributed by atoms with Crippen molar-refractivity contribution in [2.45, 2.75) is 83.3 Å². The molecular weight excluding hydrogens is 500 g/mol. The van der Waals surface area contributed by atoms with Crippen molar-refractivity contribution in [1.82, 2.24) is 0 Å². The first kappa shape index (κ1) is 26.9. The molecule has 5 nitrogen and oxygen atoms in total. The number of esters is 2. The van der Waals surface area contributed by atoms with Crippen LogP contribution in [0.1, 0.15) is 87.6 Å². The molecule has 3 aromatic rings. The quantitative estimate of drug-likeness (QED) is 0.202. The number of hydrogen-bond acceptors (Lipinski definition) is 5. The lowest BCUT2D eigenvalue weighted by Crippen LogP contribution is -2.48. The largest absolute Gasteiger partial charge is 0.465 e. The Bertz CT molecular complexity index is 1370. The number of methoxy groups -OCH3 is 1. The molecule has 4 aliphatic carbocycles. The predicted octanol–water partition coefficient (Wildman–Crippen LogP) is 8.22. The molecule has 0 N–H and O–H groups in total.